The Morgan fingerprint density at radius 1 is 1.04 bits per heavy atom. The van der Waals surface area contributed by atoms with Gasteiger partial charge in [0.15, 0.2) is 0 Å². The van der Waals surface area contributed by atoms with E-state index in [1.54, 1.807) is 30.7 Å². The second-order valence-corrected chi connectivity index (χ2v) is 6.16. The minimum Gasteiger partial charge on any atom is -0.491 e. The molecule has 0 fully saturated rings. The van der Waals surface area contributed by atoms with E-state index >= 15 is 0 Å². The summed E-state index contributed by atoms with van der Waals surface area (Å²) < 4.78 is 5.59. The van der Waals surface area contributed by atoms with Crippen molar-refractivity contribution in [1.29, 1.82) is 0 Å². The van der Waals surface area contributed by atoms with Crippen LogP contribution in [0.25, 0.3) is 11.3 Å². The summed E-state index contributed by atoms with van der Waals surface area (Å²) in [5.41, 5.74) is 3.44. The van der Waals surface area contributed by atoms with E-state index in [1.807, 2.05) is 50.2 Å². The van der Waals surface area contributed by atoms with Crippen LogP contribution in [0, 0.1) is 0 Å². The molecule has 0 unspecified atom stereocenters. The number of pyridine rings is 2. The number of rotatable bonds is 6. The van der Waals surface area contributed by atoms with Crippen molar-refractivity contribution in [2.24, 2.45) is 0 Å². The number of nitrogens with zero attached hydrogens (tertiary/aromatic N) is 2. The second kappa shape index (κ2) is 8.25. The average molecular weight is 347 g/mol. The Kier molecular flexibility index (Phi) is 5.59. The van der Waals surface area contributed by atoms with Gasteiger partial charge in [0.2, 0.25) is 0 Å². The third-order valence-corrected chi connectivity index (χ3v) is 3.74. The number of hydrogen-bond acceptors (Lipinski definition) is 4. The van der Waals surface area contributed by atoms with Crippen LogP contribution in [0.5, 0.6) is 5.75 Å². The summed E-state index contributed by atoms with van der Waals surface area (Å²) in [6.45, 7) is 4.37. The lowest BCUT2D eigenvalue weighted by Gasteiger charge is -2.10. The molecule has 0 aliphatic heterocycles. The van der Waals surface area contributed by atoms with Crippen LogP contribution in [0.1, 0.15) is 29.8 Å². The van der Waals surface area contributed by atoms with Gasteiger partial charge < -0.3 is 10.1 Å². The highest BCUT2D eigenvalue weighted by molar-refractivity contribution is 5.94. The van der Waals surface area contributed by atoms with Crippen molar-refractivity contribution >= 4 is 5.91 Å². The van der Waals surface area contributed by atoms with E-state index < -0.39 is 0 Å². The van der Waals surface area contributed by atoms with Gasteiger partial charge in [0.05, 0.1) is 11.8 Å². The molecule has 0 atom stereocenters. The van der Waals surface area contributed by atoms with Crippen molar-refractivity contribution < 1.29 is 9.53 Å². The van der Waals surface area contributed by atoms with Gasteiger partial charge in [-0.15, -0.1) is 0 Å². The Labute approximate surface area is 153 Å². The maximum atomic E-state index is 12.3. The van der Waals surface area contributed by atoms with E-state index in [9.17, 15) is 4.79 Å². The van der Waals surface area contributed by atoms with Crippen LogP contribution >= 0.6 is 0 Å². The average Bonchev–Trinajstić information content (AvgIpc) is 2.67. The van der Waals surface area contributed by atoms with E-state index in [2.05, 4.69) is 15.3 Å². The Morgan fingerprint density at radius 3 is 2.46 bits per heavy atom. The van der Waals surface area contributed by atoms with Crippen molar-refractivity contribution in [3.05, 3.63) is 78.2 Å². The minimum absolute atomic E-state index is 0.107. The summed E-state index contributed by atoms with van der Waals surface area (Å²) >= 11 is 0. The number of carbonyl (C=O) groups excluding carboxylic acids is 1. The first-order valence-electron chi connectivity index (χ1n) is 8.52. The number of carbonyl (C=O) groups is 1. The largest absolute Gasteiger partial charge is 0.491 e. The first-order valence-corrected chi connectivity index (χ1v) is 8.52. The predicted octanol–water partition coefficient (Wildman–Crippen LogP) is 3.86. The molecule has 5 nitrogen and oxygen atoms in total. The summed E-state index contributed by atoms with van der Waals surface area (Å²) in [7, 11) is 0. The lowest BCUT2D eigenvalue weighted by atomic mass is 10.1. The van der Waals surface area contributed by atoms with Crippen LogP contribution in [-0.4, -0.2) is 22.0 Å². The lowest BCUT2D eigenvalue weighted by Crippen LogP contribution is -2.22. The van der Waals surface area contributed by atoms with Gasteiger partial charge in [0, 0.05) is 36.3 Å². The zero-order chi connectivity index (χ0) is 18.4. The van der Waals surface area contributed by atoms with Crippen LogP contribution in [-0.2, 0) is 6.54 Å². The number of nitrogens with one attached hydrogen (secondary N) is 1. The summed E-state index contributed by atoms with van der Waals surface area (Å²) in [5.74, 6) is 0.635. The fraction of sp³-hybridized carbons (Fsp3) is 0.190. The van der Waals surface area contributed by atoms with Gasteiger partial charge in [0.25, 0.3) is 5.91 Å². The molecule has 0 aliphatic carbocycles. The van der Waals surface area contributed by atoms with Gasteiger partial charge in [0.1, 0.15) is 5.75 Å². The predicted molar refractivity (Wildman–Crippen MR) is 101 cm³/mol. The van der Waals surface area contributed by atoms with Crippen molar-refractivity contribution in [2.45, 2.75) is 26.5 Å². The van der Waals surface area contributed by atoms with Gasteiger partial charge in [-0.25, -0.2) is 0 Å². The molecule has 0 saturated heterocycles. The van der Waals surface area contributed by atoms with E-state index in [0.717, 1.165) is 22.6 Å². The molecule has 0 spiro atoms. The zero-order valence-electron chi connectivity index (χ0n) is 14.8. The maximum Gasteiger partial charge on any atom is 0.251 e. The smallest absolute Gasteiger partial charge is 0.251 e. The quantitative estimate of drug-likeness (QED) is 0.735. The molecule has 3 rings (SSSR count). The van der Waals surface area contributed by atoms with Crippen molar-refractivity contribution in [1.82, 2.24) is 15.3 Å². The number of hydrogen-bond donors (Lipinski definition) is 1. The molecule has 3 aromatic rings. The Morgan fingerprint density at radius 2 is 1.77 bits per heavy atom. The molecule has 5 heteroatoms. The van der Waals surface area contributed by atoms with Gasteiger partial charge in [-0.05, 0) is 67.9 Å². The number of aromatic nitrogens is 2. The van der Waals surface area contributed by atoms with E-state index in [1.165, 1.54) is 0 Å². The molecule has 132 valence electrons. The van der Waals surface area contributed by atoms with Crippen molar-refractivity contribution in [2.75, 3.05) is 0 Å². The summed E-state index contributed by atoms with van der Waals surface area (Å²) in [5, 5.41) is 2.93. The van der Waals surface area contributed by atoms with Crippen LogP contribution in [0.3, 0.4) is 0 Å². The van der Waals surface area contributed by atoms with E-state index in [4.69, 9.17) is 4.74 Å². The summed E-state index contributed by atoms with van der Waals surface area (Å²) in [6.07, 6.45) is 5.32. The normalized spacial score (nSPS) is 10.6. The first kappa shape index (κ1) is 17.6. The summed E-state index contributed by atoms with van der Waals surface area (Å²) in [6, 6.07) is 14.8. The third kappa shape index (κ3) is 4.66. The fourth-order valence-electron chi connectivity index (χ4n) is 2.51. The molecule has 0 radical (unpaired) electrons. The van der Waals surface area contributed by atoms with Crippen LogP contribution in [0.4, 0.5) is 0 Å². The molecule has 26 heavy (non-hydrogen) atoms. The van der Waals surface area contributed by atoms with Crippen LogP contribution in [0.15, 0.2) is 67.1 Å². The van der Waals surface area contributed by atoms with Crippen molar-refractivity contribution in [3.63, 3.8) is 0 Å². The van der Waals surface area contributed by atoms with Crippen LogP contribution < -0.4 is 10.1 Å². The molecule has 1 amide bonds. The maximum absolute atomic E-state index is 12.3. The molecule has 2 aromatic heterocycles. The highest BCUT2D eigenvalue weighted by Crippen LogP contribution is 2.17. The number of benzene rings is 1. The Bertz CT molecular complexity index is 862. The van der Waals surface area contributed by atoms with Crippen molar-refractivity contribution in [3.8, 4) is 17.0 Å². The fourth-order valence-corrected chi connectivity index (χ4v) is 2.51. The first-order chi connectivity index (χ1) is 12.6. The molecule has 0 aliphatic rings. The standard InChI is InChI=1S/C21H21N3O2/c1-15(2)26-19-5-3-18(4-6-19)21(25)24-14-16-7-12-23-20(13-16)17-8-10-22-11-9-17/h3-13,15H,14H2,1-2H3,(H,24,25). The van der Waals surface area contributed by atoms with E-state index in [-0.39, 0.29) is 12.0 Å². The minimum atomic E-state index is -0.122. The molecule has 1 N–H and O–H groups in total. The monoisotopic (exact) mass is 347 g/mol. The molecule has 0 bridgehead atoms. The molecular weight excluding hydrogens is 326 g/mol. The van der Waals surface area contributed by atoms with Crippen LogP contribution in [0.2, 0.25) is 0 Å². The Hall–Kier alpha value is -3.21. The van der Waals surface area contributed by atoms with Gasteiger partial charge in [-0.1, -0.05) is 0 Å². The highest BCUT2D eigenvalue weighted by atomic mass is 16.5. The van der Waals surface area contributed by atoms with E-state index in [0.29, 0.717) is 12.1 Å². The van der Waals surface area contributed by atoms with Gasteiger partial charge in [-0.3, -0.25) is 14.8 Å². The SMILES string of the molecule is CC(C)Oc1ccc(C(=O)NCc2ccnc(-c3ccncc3)c2)cc1. The summed E-state index contributed by atoms with van der Waals surface area (Å²) in [4.78, 5) is 20.7. The Balaban J connectivity index is 1.63. The van der Waals surface area contributed by atoms with Gasteiger partial charge >= 0.3 is 0 Å². The molecule has 1 aromatic carbocycles. The molecule has 2 heterocycles. The van der Waals surface area contributed by atoms with Gasteiger partial charge in [-0.2, -0.15) is 0 Å². The number of amides is 1. The second-order valence-electron chi connectivity index (χ2n) is 6.16. The molecule has 0 saturated carbocycles. The zero-order valence-corrected chi connectivity index (χ0v) is 14.8. The third-order valence-electron chi connectivity index (χ3n) is 3.74. The highest BCUT2D eigenvalue weighted by Gasteiger charge is 2.07. The number of ether oxygens (including phenoxy) is 1. The molecular formula is C21H21N3O2. The lowest BCUT2D eigenvalue weighted by molar-refractivity contribution is 0.0951. The topological polar surface area (TPSA) is 64.1 Å².